The van der Waals surface area contributed by atoms with Crippen LogP contribution in [0.3, 0.4) is 0 Å². The molecule has 5 nitrogen and oxygen atoms in total. The van der Waals surface area contributed by atoms with Gasteiger partial charge in [0.05, 0.1) is 6.61 Å². The molecule has 1 aliphatic heterocycles. The van der Waals surface area contributed by atoms with E-state index in [1.165, 1.54) is 6.92 Å². The Morgan fingerprint density at radius 2 is 1.93 bits per heavy atom. The molecule has 0 N–H and O–H groups in total. The molecule has 2 aromatic rings. The Morgan fingerprint density at radius 1 is 1.23 bits per heavy atom. The molecule has 0 atom stereocenters. The van der Waals surface area contributed by atoms with E-state index in [9.17, 15) is 10.1 Å². The fraction of sp³-hybridized carbons (Fsp3) is 0.417. The van der Waals surface area contributed by atoms with Crippen molar-refractivity contribution in [1.82, 2.24) is 4.90 Å². The van der Waals surface area contributed by atoms with Gasteiger partial charge in [-0.15, -0.1) is 0 Å². The van der Waals surface area contributed by atoms with E-state index in [-0.39, 0.29) is 22.4 Å². The second-order valence-corrected chi connectivity index (χ2v) is 7.50. The SMILES string of the molecule is CCCCOc1c(C#N)c(CN2CCCC2)c(F)c(C)c1C(=O)Oc1ccccc1. The molecule has 158 valence electrons. The lowest BCUT2D eigenvalue weighted by molar-refractivity contribution is 0.0728. The molecule has 1 fully saturated rings. The van der Waals surface area contributed by atoms with Crippen LogP contribution in [-0.4, -0.2) is 30.6 Å². The summed E-state index contributed by atoms with van der Waals surface area (Å²) >= 11 is 0. The van der Waals surface area contributed by atoms with Crippen LogP contribution in [0.5, 0.6) is 11.5 Å². The number of carbonyl (C=O) groups is 1. The number of unbranched alkanes of at least 4 members (excludes halogenated alkanes) is 1. The van der Waals surface area contributed by atoms with Gasteiger partial charge in [0.25, 0.3) is 0 Å². The molecular formula is C24H27FN2O3. The molecule has 30 heavy (non-hydrogen) atoms. The Morgan fingerprint density at radius 3 is 2.57 bits per heavy atom. The number of rotatable bonds is 8. The predicted octanol–water partition coefficient (Wildman–Crippen LogP) is 5.00. The highest BCUT2D eigenvalue weighted by Crippen LogP contribution is 2.35. The number of likely N-dealkylation sites (tertiary alicyclic amines) is 1. The second-order valence-electron chi connectivity index (χ2n) is 7.50. The molecule has 1 aliphatic rings. The molecule has 1 saturated heterocycles. The minimum absolute atomic E-state index is 0.0193. The van der Waals surface area contributed by atoms with Crippen LogP contribution in [0.15, 0.2) is 30.3 Å². The van der Waals surface area contributed by atoms with Gasteiger partial charge in [-0.2, -0.15) is 5.26 Å². The highest BCUT2D eigenvalue weighted by Gasteiger charge is 2.30. The molecular weight excluding hydrogens is 383 g/mol. The summed E-state index contributed by atoms with van der Waals surface area (Å²) in [7, 11) is 0. The van der Waals surface area contributed by atoms with Crippen LogP contribution < -0.4 is 9.47 Å². The lowest BCUT2D eigenvalue weighted by Gasteiger charge is -2.21. The van der Waals surface area contributed by atoms with Gasteiger partial charge in [-0.1, -0.05) is 31.5 Å². The van der Waals surface area contributed by atoms with Gasteiger partial charge >= 0.3 is 5.97 Å². The number of esters is 1. The van der Waals surface area contributed by atoms with Crippen LogP contribution in [0.2, 0.25) is 0 Å². The van der Waals surface area contributed by atoms with E-state index in [0.29, 0.717) is 24.5 Å². The largest absolute Gasteiger partial charge is 0.491 e. The van der Waals surface area contributed by atoms with Gasteiger partial charge in [0.1, 0.15) is 28.8 Å². The zero-order chi connectivity index (χ0) is 21.5. The van der Waals surface area contributed by atoms with Crippen LogP contribution >= 0.6 is 0 Å². The van der Waals surface area contributed by atoms with Crippen molar-refractivity contribution in [3.05, 3.63) is 58.4 Å². The summed E-state index contributed by atoms with van der Waals surface area (Å²) in [6, 6.07) is 10.7. The molecule has 0 saturated carbocycles. The number of ether oxygens (including phenoxy) is 2. The third-order valence-corrected chi connectivity index (χ3v) is 5.32. The third kappa shape index (κ3) is 4.80. The summed E-state index contributed by atoms with van der Waals surface area (Å²) in [6.45, 7) is 5.96. The number of para-hydroxylation sites is 1. The van der Waals surface area contributed by atoms with Gasteiger partial charge in [0.15, 0.2) is 5.75 Å². The Hall–Kier alpha value is -2.91. The molecule has 0 unspecified atom stereocenters. The number of hydrogen-bond donors (Lipinski definition) is 0. The minimum atomic E-state index is -0.728. The Bertz CT molecular complexity index is 932. The van der Waals surface area contributed by atoms with E-state index >= 15 is 4.39 Å². The lowest BCUT2D eigenvalue weighted by Crippen LogP contribution is -2.22. The van der Waals surface area contributed by atoms with Gasteiger partial charge in [-0.3, -0.25) is 4.90 Å². The molecule has 1 heterocycles. The maximum Gasteiger partial charge on any atom is 0.347 e. The number of halogens is 1. The average Bonchev–Trinajstić information content (AvgIpc) is 3.26. The highest BCUT2D eigenvalue weighted by molar-refractivity contribution is 5.97. The van der Waals surface area contributed by atoms with Crippen molar-refractivity contribution in [2.75, 3.05) is 19.7 Å². The maximum atomic E-state index is 15.4. The van der Waals surface area contributed by atoms with E-state index in [2.05, 4.69) is 11.0 Å². The fourth-order valence-corrected chi connectivity index (χ4v) is 3.66. The third-order valence-electron chi connectivity index (χ3n) is 5.32. The van der Waals surface area contributed by atoms with Crippen molar-refractivity contribution >= 4 is 5.97 Å². The number of carbonyl (C=O) groups excluding carboxylic acids is 1. The van der Waals surface area contributed by atoms with E-state index in [1.807, 2.05) is 13.0 Å². The first kappa shape index (κ1) is 21.8. The molecule has 2 aromatic carbocycles. The average molecular weight is 410 g/mol. The summed E-state index contributed by atoms with van der Waals surface area (Å²) in [5.41, 5.74) is 0.505. The number of nitriles is 1. The summed E-state index contributed by atoms with van der Waals surface area (Å²) in [6.07, 6.45) is 3.77. The first-order valence-corrected chi connectivity index (χ1v) is 10.4. The quantitative estimate of drug-likeness (QED) is 0.348. The summed E-state index contributed by atoms with van der Waals surface area (Å²) in [5, 5.41) is 9.87. The Balaban J connectivity index is 2.05. The van der Waals surface area contributed by atoms with Crippen LogP contribution in [0.4, 0.5) is 4.39 Å². The first-order chi connectivity index (χ1) is 14.6. The van der Waals surface area contributed by atoms with Crippen molar-refractivity contribution in [3.8, 4) is 17.6 Å². The molecule has 3 rings (SSSR count). The smallest absolute Gasteiger partial charge is 0.347 e. The van der Waals surface area contributed by atoms with Crippen molar-refractivity contribution in [2.45, 2.75) is 46.1 Å². The topological polar surface area (TPSA) is 62.6 Å². The molecule has 0 aliphatic carbocycles. The van der Waals surface area contributed by atoms with Gasteiger partial charge in [-0.05, 0) is 51.4 Å². The number of benzene rings is 2. The van der Waals surface area contributed by atoms with Crippen molar-refractivity contribution in [1.29, 1.82) is 5.26 Å². The van der Waals surface area contributed by atoms with E-state index < -0.39 is 11.8 Å². The van der Waals surface area contributed by atoms with Crippen molar-refractivity contribution in [3.63, 3.8) is 0 Å². The van der Waals surface area contributed by atoms with Gasteiger partial charge in [-0.25, -0.2) is 9.18 Å². The van der Waals surface area contributed by atoms with Crippen LogP contribution in [0, 0.1) is 24.1 Å². The Kier molecular flexibility index (Phi) is 7.42. The minimum Gasteiger partial charge on any atom is -0.491 e. The zero-order valence-electron chi connectivity index (χ0n) is 17.5. The molecule has 0 aromatic heterocycles. The molecule has 0 amide bonds. The van der Waals surface area contributed by atoms with E-state index in [4.69, 9.17) is 9.47 Å². The Labute approximate surface area is 177 Å². The zero-order valence-corrected chi connectivity index (χ0v) is 17.5. The van der Waals surface area contributed by atoms with Gasteiger partial charge in [0, 0.05) is 17.7 Å². The monoisotopic (exact) mass is 410 g/mol. The van der Waals surface area contributed by atoms with Gasteiger partial charge < -0.3 is 9.47 Å². The van der Waals surface area contributed by atoms with Gasteiger partial charge in [0.2, 0.25) is 0 Å². The molecule has 0 radical (unpaired) electrons. The van der Waals surface area contributed by atoms with E-state index in [1.54, 1.807) is 24.3 Å². The lowest BCUT2D eigenvalue weighted by atomic mass is 9.96. The fourth-order valence-electron chi connectivity index (χ4n) is 3.66. The molecule has 0 spiro atoms. The summed E-state index contributed by atoms with van der Waals surface area (Å²) in [4.78, 5) is 15.1. The summed E-state index contributed by atoms with van der Waals surface area (Å²) in [5.74, 6) is -0.795. The predicted molar refractivity (Wildman–Crippen MR) is 112 cm³/mol. The molecule has 0 bridgehead atoms. The standard InChI is InChI=1S/C24H27FN2O3/c1-3-4-14-29-23-19(15-26)20(16-27-12-8-9-13-27)22(25)17(2)21(23)24(28)30-18-10-6-5-7-11-18/h5-7,10-11H,3-4,8-9,12-14,16H2,1-2H3. The van der Waals surface area contributed by atoms with Crippen LogP contribution in [-0.2, 0) is 6.54 Å². The normalized spacial score (nSPS) is 13.8. The maximum absolute atomic E-state index is 15.4. The highest BCUT2D eigenvalue weighted by atomic mass is 19.1. The van der Waals surface area contributed by atoms with E-state index in [0.717, 1.165) is 38.8 Å². The number of hydrogen-bond acceptors (Lipinski definition) is 5. The van der Waals surface area contributed by atoms with Crippen LogP contribution in [0.25, 0.3) is 0 Å². The summed E-state index contributed by atoms with van der Waals surface area (Å²) < 4.78 is 26.7. The van der Waals surface area contributed by atoms with Crippen molar-refractivity contribution in [2.24, 2.45) is 0 Å². The number of nitrogens with zero attached hydrogens (tertiary/aromatic N) is 2. The van der Waals surface area contributed by atoms with Crippen molar-refractivity contribution < 1.29 is 18.7 Å². The first-order valence-electron chi connectivity index (χ1n) is 10.4. The molecule has 6 heteroatoms. The van der Waals surface area contributed by atoms with Crippen LogP contribution in [0.1, 0.15) is 59.7 Å². The second kappa shape index (κ2) is 10.2.